The molecule has 0 amide bonds. The highest BCUT2D eigenvalue weighted by Gasteiger charge is 2.14. The van der Waals surface area contributed by atoms with Gasteiger partial charge in [-0.25, -0.2) is 4.68 Å². The third-order valence-corrected chi connectivity index (χ3v) is 7.86. The van der Waals surface area contributed by atoms with Crippen molar-refractivity contribution in [1.29, 1.82) is 0 Å². The van der Waals surface area contributed by atoms with Gasteiger partial charge >= 0.3 is 0 Å². The van der Waals surface area contributed by atoms with Gasteiger partial charge in [0.05, 0.1) is 16.8 Å². The number of para-hydroxylation sites is 1. The number of thiazole rings is 1. The number of nitrogens with zero attached hydrogens (tertiary/aromatic N) is 5. The van der Waals surface area contributed by atoms with Crippen LogP contribution in [-0.4, -0.2) is 31.0 Å². The number of fused-ring (bicyclic) bond motifs is 1. The summed E-state index contributed by atoms with van der Waals surface area (Å²) in [5.41, 5.74) is 3.23. The lowest BCUT2D eigenvalue weighted by Crippen LogP contribution is -2.23. The van der Waals surface area contributed by atoms with Crippen molar-refractivity contribution in [3.05, 3.63) is 109 Å². The Bertz CT molecular complexity index is 1850. The Labute approximate surface area is 233 Å². The van der Waals surface area contributed by atoms with Gasteiger partial charge in [0.25, 0.3) is 5.56 Å². The molecule has 0 aliphatic rings. The summed E-state index contributed by atoms with van der Waals surface area (Å²) < 4.78 is 9.69. The number of hydrogen-bond donors (Lipinski definition) is 0. The molecule has 6 aromatic rings. The van der Waals surface area contributed by atoms with Crippen molar-refractivity contribution in [1.82, 2.24) is 24.4 Å². The van der Waals surface area contributed by atoms with E-state index in [0.717, 1.165) is 46.0 Å². The monoisotopic (exact) mass is 551 g/mol. The van der Waals surface area contributed by atoms with Crippen LogP contribution in [0.15, 0.2) is 83.1 Å². The molecule has 194 valence electrons. The molecule has 0 unspecified atom stereocenters. The molecular formula is C30H25N5O2S2. The zero-order valence-electron chi connectivity index (χ0n) is 21.2. The van der Waals surface area contributed by atoms with E-state index in [-0.39, 0.29) is 5.56 Å². The standard InChI is InChI=1S/C30H25N5O2S2/c1-2-3-16-37-24-12-7-9-21(18-24)28-22(20-34(33-28)23-10-5-4-6-11-23)19-26-29(36)35-30(39-26)31-27(32-35)15-14-25-13-8-17-38-25/h4-15,17-20H,2-3,16H2,1H3/b15-14+,26-19-. The molecule has 0 spiro atoms. The van der Waals surface area contributed by atoms with Crippen molar-refractivity contribution in [2.45, 2.75) is 19.8 Å². The first-order valence-electron chi connectivity index (χ1n) is 12.7. The van der Waals surface area contributed by atoms with Crippen LogP contribution in [0, 0.1) is 0 Å². The molecule has 0 saturated heterocycles. The van der Waals surface area contributed by atoms with Gasteiger partial charge in [-0.15, -0.1) is 16.4 Å². The predicted octanol–water partition coefficient (Wildman–Crippen LogP) is 5.96. The molecular weight excluding hydrogens is 526 g/mol. The summed E-state index contributed by atoms with van der Waals surface area (Å²) in [7, 11) is 0. The second-order valence-corrected chi connectivity index (χ2v) is 10.9. The number of unbranched alkanes of at least 4 members (excludes halogenated alkanes) is 1. The summed E-state index contributed by atoms with van der Waals surface area (Å²) in [6.45, 7) is 2.81. The van der Waals surface area contributed by atoms with Gasteiger partial charge in [0.2, 0.25) is 4.96 Å². The smallest absolute Gasteiger partial charge is 0.291 e. The number of benzene rings is 2. The van der Waals surface area contributed by atoms with Crippen LogP contribution in [0.4, 0.5) is 0 Å². The Morgan fingerprint density at radius 2 is 1.90 bits per heavy atom. The molecule has 0 radical (unpaired) electrons. The lowest BCUT2D eigenvalue weighted by atomic mass is 10.1. The average molecular weight is 552 g/mol. The Hall–Kier alpha value is -4.34. The second kappa shape index (κ2) is 11.2. The summed E-state index contributed by atoms with van der Waals surface area (Å²) >= 11 is 2.95. The van der Waals surface area contributed by atoms with Gasteiger partial charge in [0, 0.05) is 22.2 Å². The molecule has 4 heterocycles. The molecule has 9 heteroatoms. The number of thiophene rings is 1. The molecule has 0 atom stereocenters. The van der Waals surface area contributed by atoms with Crippen LogP contribution < -0.4 is 14.8 Å². The van der Waals surface area contributed by atoms with Crippen LogP contribution in [-0.2, 0) is 0 Å². The van der Waals surface area contributed by atoms with E-state index in [9.17, 15) is 4.79 Å². The van der Waals surface area contributed by atoms with Crippen molar-refractivity contribution >= 4 is 45.9 Å². The minimum Gasteiger partial charge on any atom is -0.494 e. The molecule has 0 aliphatic carbocycles. The predicted molar refractivity (Wildman–Crippen MR) is 159 cm³/mol. The van der Waals surface area contributed by atoms with E-state index >= 15 is 0 Å². The summed E-state index contributed by atoms with van der Waals surface area (Å²) in [6, 6.07) is 21.9. The van der Waals surface area contributed by atoms with Gasteiger partial charge in [-0.1, -0.05) is 61.1 Å². The summed E-state index contributed by atoms with van der Waals surface area (Å²) in [5, 5.41) is 11.3. The summed E-state index contributed by atoms with van der Waals surface area (Å²) in [6.07, 6.45) is 9.66. The molecule has 4 aromatic heterocycles. The van der Waals surface area contributed by atoms with Crippen LogP contribution in [0.25, 0.3) is 40.1 Å². The van der Waals surface area contributed by atoms with E-state index < -0.39 is 0 Å². The van der Waals surface area contributed by atoms with Crippen molar-refractivity contribution < 1.29 is 4.74 Å². The zero-order valence-corrected chi connectivity index (χ0v) is 22.9. The van der Waals surface area contributed by atoms with Crippen molar-refractivity contribution in [3.63, 3.8) is 0 Å². The molecule has 7 nitrogen and oxygen atoms in total. The maximum Gasteiger partial charge on any atom is 0.291 e. The van der Waals surface area contributed by atoms with Gasteiger partial charge in [-0.2, -0.15) is 14.6 Å². The van der Waals surface area contributed by atoms with E-state index in [4.69, 9.17) is 9.84 Å². The third-order valence-electron chi connectivity index (χ3n) is 6.06. The van der Waals surface area contributed by atoms with Crippen molar-refractivity contribution in [3.8, 4) is 22.7 Å². The molecule has 0 saturated carbocycles. The SMILES string of the molecule is CCCCOc1cccc(-c2nn(-c3ccccc3)cc2/C=c2\sc3nc(/C=C/c4cccs4)nn3c2=O)c1. The fourth-order valence-corrected chi connectivity index (χ4v) is 5.63. The molecule has 6 rings (SSSR count). The first kappa shape index (κ1) is 25.0. The molecule has 0 bridgehead atoms. The zero-order chi connectivity index (χ0) is 26.6. The van der Waals surface area contributed by atoms with Crippen molar-refractivity contribution in [2.24, 2.45) is 0 Å². The lowest BCUT2D eigenvalue weighted by molar-refractivity contribution is 0.309. The van der Waals surface area contributed by atoms with E-state index in [0.29, 0.717) is 21.9 Å². The summed E-state index contributed by atoms with van der Waals surface area (Å²) in [5.74, 6) is 1.31. The number of aromatic nitrogens is 5. The average Bonchev–Trinajstić information content (AvgIpc) is 3.75. The minimum atomic E-state index is -0.201. The van der Waals surface area contributed by atoms with E-state index in [1.807, 2.05) is 101 Å². The highest BCUT2D eigenvalue weighted by Crippen LogP contribution is 2.28. The van der Waals surface area contributed by atoms with Gasteiger partial charge in [-0.3, -0.25) is 4.79 Å². The van der Waals surface area contributed by atoms with Gasteiger partial charge in [0.1, 0.15) is 11.4 Å². The van der Waals surface area contributed by atoms with Gasteiger partial charge in [-0.05, 0) is 60.4 Å². The quantitative estimate of drug-likeness (QED) is 0.207. The highest BCUT2D eigenvalue weighted by atomic mass is 32.1. The van der Waals surface area contributed by atoms with Crippen LogP contribution in [0.2, 0.25) is 0 Å². The third kappa shape index (κ3) is 5.45. The Morgan fingerprint density at radius 1 is 1.00 bits per heavy atom. The second-order valence-electron chi connectivity index (χ2n) is 8.87. The maximum absolute atomic E-state index is 13.3. The lowest BCUT2D eigenvalue weighted by Gasteiger charge is -2.07. The first-order valence-corrected chi connectivity index (χ1v) is 14.4. The Morgan fingerprint density at radius 3 is 2.69 bits per heavy atom. The maximum atomic E-state index is 13.3. The molecule has 0 fully saturated rings. The van der Waals surface area contributed by atoms with Crippen LogP contribution >= 0.6 is 22.7 Å². The normalized spacial score (nSPS) is 12.2. The largest absolute Gasteiger partial charge is 0.494 e. The molecule has 2 aromatic carbocycles. The van der Waals surface area contributed by atoms with Gasteiger partial charge < -0.3 is 4.74 Å². The fourth-order valence-electron chi connectivity index (χ4n) is 4.10. The molecule has 0 aliphatic heterocycles. The first-order chi connectivity index (χ1) is 19.2. The molecule has 39 heavy (non-hydrogen) atoms. The highest BCUT2D eigenvalue weighted by molar-refractivity contribution is 7.15. The van der Waals surface area contributed by atoms with Gasteiger partial charge in [0.15, 0.2) is 5.82 Å². The minimum absolute atomic E-state index is 0.201. The number of ether oxygens (including phenoxy) is 1. The van der Waals surface area contributed by atoms with Crippen LogP contribution in [0.3, 0.4) is 0 Å². The number of hydrogen-bond acceptors (Lipinski definition) is 7. The van der Waals surface area contributed by atoms with Crippen LogP contribution in [0.5, 0.6) is 5.75 Å². The Kier molecular flexibility index (Phi) is 7.16. The van der Waals surface area contributed by atoms with Crippen LogP contribution in [0.1, 0.15) is 36.0 Å². The van der Waals surface area contributed by atoms with E-state index in [1.54, 1.807) is 11.3 Å². The molecule has 0 N–H and O–H groups in total. The van der Waals surface area contributed by atoms with Crippen molar-refractivity contribution in [2.75, 3.05) is 6.61 Å². The Balaban J connectivity index is 1.40. The van der Waals surface area contributed by atoms with E-state index in [2.05, 4.69) is 17.0 Å². The van der Waals surface area contributed by atoms with E-state index in [1.165, 1.54) is 15.9 Å². The fraction of sp³-hybridized carbons (Fsp3) is 0.133. The number of rotatable bonds is 9. The topological polar surface area (TPSA) is 74.3 Å². The summed E-state index contributed by atoms with van der Waals surface area (Å²) in [4.78, 5) is 19.5.